The summed E-state index contributed by atoms with van der Waals surface area (Å²) >= 11 is 0. The van der Waals surface area contributed by atoms with Crippen molar-refractivity contribution in [3.8, 4) is 0 Å². The second-order valence-electron chi connectivity index (χ2n) is 6.15. The molecule has 0 aliphatic heterocycles. The molecule has 0 saturated heterocycles. The van der Waals surface area contributed by atoms with Gasteiger partial charge in [-0.25, -0.2) is 14.2 Å². The molecule has 0 saturated carbocycles. The van der Waals surface area contributed by atoms with E-state index in [1.54, 1.807) is 6.92 Å². The summed E-state index contributed by atoms with van der Waals surface area (Å²) in [5, 5.41) is 5.46. The molecule has 2 aromatic rings. The minimum atomic E-state index is -4.68. The van der Waals surface area contributed by atoms with Crippen molar-refractivity contribution < 1.29 is 26.6 Å². The summed E-state index contributed by atoms with van der Waals surface area (Å²) in [5.74, 6) is -0.892. The van der Waals surface area contributed by atoms with Crippen LogP contribution in [0.3, 0.4) is 0 Å². The van der Waals surface area contributed by atoms with Crippen LogP contribution in [-0.2, 0) is 40.4 Å². The molecule has 0 atom stereocenters. The third kappa shape index (κ3) is 3.86. The highest BCUT2D eigenvalue weighted by atomic mass is 32.2. The van der Waals surface area contributed by atoms with Crippen LogP contribution in [0.25, 0.3) is 0 Å². The molecule has 0 spiro atoms. The van der Waals surface area contributed by atoms with E-state index in [4.69, 9.17) is 0 Å². The topological polar surface area (TPSA) is 89.2 Å². The molecule has 0 bridgehead atoms. The van der Waals surface area contributed by atoms with Gasteiger partial charge in [-0.05, 0) is 38.7 Å². The zero-order valence-corrected chi connectivity index (χ0v) is 15.7. The van der Waals surface area contributed by atoms with Crippen LogP contribution < -0.4 is 5.32 Å². The number of carbonyl (C=O) groups is 1. The maximum atomic E-state index is 13.8. The number of hydrogen-bond acceptors (Lipinski definition) is 5. The van der Waals surface area contributed by atoms with E-state index < -0.39 is 39.3 Å². The largest absolute Gasteiger partial charge is 0.438 e. The first kappa shape index (κ1) is 20.2. The first-order chi connectivity index (χ1) is 13.1. The van der Waals surface area contributed by atoms with Crippen LogP contribution in [0.15, 0.2) is 15.6 Å². The number of aromatic nitrogens is 3. The summed E-state index contributed by atoms with van der Waals surface area (Å²) in [6.07, 6.45) is -2.25. The first-order valence-corrected chi connectivity index (χ1v) is 9.49. The quantitative estimate of drug-likeness (QED) is 0.603. The van der Waals surface area contributed by atoms with Crippen molar-refractivity contribution in [2.75, 3.05) is 5.32 Å². The van der Waals surface area contributed by atoms with E-state index in [9.17, 15) is 26.6 Å². The number of anilines is 1. The van der Waals surface area contributed by atoms with Gasteiger partial charge >= 0.3 is 12.2 Å². The van der Waals surface area contributed by atoms with Crippen molar-refractivity contribution in [3.05, 3.63) is 34.5 Å². The summed E-state index contributed by atoms with van der Waals surface area (Å²) < 4.78 is 70.1. The van der Waals surface area contributed by atoms with Crippen LogP contribution >= 0.6 is 0 Å². The fourth-order valence-corrected chi connectivity index (χ4v) is 3.71. The molecule has 12 heteroatoms. The lowest BCUT2D eigenvalue weighted by Gasteiger charge is -2.17. The van der Waals surface area contributed by atoms with Gasteiger partial charge in [-0.15, -0.1) is 10.6 Å². The highest BCUT2D eigenvalue weighted by molar-refractivity contribution is 7.75. The fraction of sp³-hybridized carbons (Fsp3) is 0.438. The summed E-state index contributed by atoms with van der Waals surface area (Å²) in [4.78, 5) is 15.9. The third-order valence-corrected chi connectivity index (χ3v) is 5.25. The zero-order valence-electron chi connectivity index (χ0n) is 14.9. The molecule has 0 fully saturated rings. The average molecular weight is 418 g/mol. The molecule has 0 unspecified atom stereocenters. The molecule has 2 amide bonds. The number of amides is 2. The number of pyridine rings is 1. The van der Waals surface area contributed by atoms with Crippen LogP contribution in [-0.4, -0.2) is 20.8 Å². The predicted octanol–water partition coefficient (Wildman–Crippen LogP) is 3.99. The monoisotopic (exact) mass is 418 g/mol. The molecule has 1 aliphatic carbocycles. The minimum absolute atomic E-state index is 0.0415. The van der Waals surface area contributed by atoms with E-state index in [1.807, 2.05) is 0 Å². The van der Waals surface area contributed by atoms with Crippen molar-refractivity contribution in [3.63, 3.8) is 0 Å². The lowest BCUT2D eigenvalue weighted by Crippen LogP contribution is -2.17. The Hall–Kier alpha value is -2.50. The standard InChI is InChI=1S/C16H16F4N5O2S/c1-3-25-7-10(17)14(23-25)28(27)24-15(26)22-12-8(2)13(16(18,19)20)21-11-6-4-5-9(11)12/h7H,3-6H2,1-2H3,(H,21,22,26)/q-1. The molecule has 7 nitrogen and oxygen atoms in total. The molecular formula is C16H16F4N5O2S-. The van der Waals surface area contributed by atoms with Gasteiger partial charge in [0, 0.05) is 22.8 Å². The van der Waals surface area contributed by atoms with Gasteiger partial charge < -0.3 is 13.9 Å². The maximum absolute atomic E-state index is 13.8. The number of hydrogen-bond donors (Lipinski definition) is 1. The number of carbonyl (C=O) groups excluding carboxylic acids is 1. The maximum Gasteiger partial charge on any atom is 0.433 e. The van der Waals surface area contributed by atoms with Crippen LogP contribution in [0.1, 0.15) is 35.9 Å². The Morgan fingerprint density at radius 2 is 2.11 bits per heavy atom. The SMILES string of the molecule is CCn1cc(F)c([S-](=O)=NC(=O)Nc2c(C)c(C(F)(F)F)nc3c2CCC3)n1. The van der Waals surface area contributed by atoms with E-state index in [0.717, 1.165) is 6.20 Å². The molecular weight excluding hydrogens is 402 g/mol. The molecule has 1 N–H and O–H groups in total. The molecule has 28 heavy (non-hydrogen) atoms. The van der Waals surface area contributed by atoms with Crippen molar-refractivity contribution in [1.29, 1.82) is 0 Å². The highest BCUT2D eigenvalue weighted by Crippen LogP contribution is 2.38. The number of alkyl halides is 3. The van der Waals surface area contributed by atoms with E-state index in [2.05, 4.69) is 19.8 Å². The smallest absolute Gasteiger partial charge is 0.433 e. The second-order valence-corrected chi connectivity index (χ2v) is 7.21. The van der Waals surface area contributed by atoms with Crippen molar-refractivity contribution in [2.45, 2.75) is 50.9 Å². The number of urea groups is 1. The molecule has 2 heterocycles. The van der Waals surface area contributed by atoms with Gasteiger partial charge in [-0.2, -0.15) is 18.3 Å². The number of nitrogens with zero attached hydrogens (tertiary/aromatic N) is 4. The molecule has 3 rings (SSSR count). The Kier molecular flexibility index (Phi) is 5.41. The summed E-state index contributed by atoms with van der Waals surface area (Å²) in [7, 11) is -2.44. The molecule has 0 aromatic carbocycles. The summed E-state index contributed by atoms with van der Waals surface area (Å²) in [6, 6.07) is -1.15. The van der Waals surface area contributed by atoms with Crippen LogP contribution in [0.2, 0.25) is 0 Å². The van der Waals surface area contributed by atoms with E-state index in [-0.39, 0.29) is 16.9 Å². The Balaban J connectivity index is 1.95. The van der Waals surface area contributed by atoms with Crippen LogP contribution in [0.4, 0.5) is 28.0 Å². The third-order valence-electron chi connectivity index (χ3n) is 4.31. The normalized spacial score (nSPS) is 14.9. The van der Waals surface area contributed by atoms with E-state index in [1.165, 1.54) is 11.6 Å². The number of halogens is 4. The van der Waals surface area contributed by atoms with Gasteiger partial charge in [0.25, 0.3) is 0 Å². The Morgan fingerprint density at radius 1 is 1.39 bits per heavy atom. The summed E-state index contributed by atoms with van der Waals surface area (Å²) in [5.41, 5.74) is -0.607. The van der Waals surface area contributed by atoms with Gasteiger partial charge in [0.2, 0.25) is 0 Å². The van der Waals surface area contributed by atoms with Crippen molar-refractivity contribution in [2.24, 2.45) is 4.36 Å². The van der Waals surface area contributed by atoms with Gasteiger partial charge in [-0.1, -0.05) is 0 Å². The Labute approximate surface area is 159 Å². The first-order valence-electron chi connectivity index (χ1n) is 8.39. The van der Waals surface area contributed by atoms with Crippen molar-refractivity contribution in [1.82, 2.24) is 14.8 Å². The molecule has 152 valence electrons. The van der Waals surface area contributed by atoms with Gasteiger partial charge in [-0.3, -0.25) is 4.68 Å². The van der Waals surface area contributed by atoms with E-state index >= 15 is 0 Å². The fourth-order valence-electron chi connectivity index (χ4n) is 3.04. The van der Waals surface area contributed by atoms with Crippen LogP contribution in [0, 0.1) is 12.7 Å². The molecule has 1 aliphatic rings. The number of nitrogens with one attached hydrogen (secondary N) is 1. The Bertz CT molecular complexity index is 1030. The lowest BCUT2D eigenvalue weighted by atomic mass is 10.1. The molecule has 0 radical (unpaired) electrons. The molecule has 2 aromatic heterocycles. The van der Waals surface area contributed by atoms with Gasteiger partial charge in [0.1, 0.15) is 11.5 Å². The average Bonchev–Trinajstić information content (AvgIpc) is 3.22. The lowest BCUT2D eigenvalue weighted by molar-refractivity contribution is -0.141. The highest BCUT2D eigenvalue weighted by Gasteiger charge is 2.37. The second kappa shape index (κ2) is 7.49. The minimum Gasteiger partial charge on any atom is -0.438 e. The number of rotatable bonds is 3. The zero-order chi connectivity index (χ0) is 20.6. The Morgan fingerprint density at radius 3 is 2.71 bits per heavy atom. The van der Waals surface area contributed by atoms with Gasteiger partial charge in [0.15, 0.2) is 0 Å². The number of aryl methyl sites for hydroxylation is 2. The van der Waals surface area contributed by atoms with E-state index in [0.29, 0.717) is 31.4 Å². The van der Waals surface area contributed by atoms with Crippen LogP contribution in [0.5, 0.6) is 0 Å². The van der Waals surface area contributed by atoms with Gasteiger partial charge in [0.05, 0.1) is 11.9 Å². The predicted molar refractivity (Wildman–Crippen MR) is 91.6 cm³/mol. The number of fused-ring (bicyclic) bond motifs is 1. The summed E-state index contributed by atoms with van der Waals surface area (Å²) in [6.45, 7) is 3.21. The van der Waals surface area contributed by atoms with Crippen molar-refractivity contribution >= 4 is 22.3 Å².